The summed E-state index contributed by atoms with van der Waals surface area (Å²) in [5.74, 6) is -0.428. The van der Waals surface area contributed by atoms with Crippen molar-refractivity contribution in [1.29, 1.82) is 0 Å². The van der Waals surface area contributed by atoms with Gasteiger partial charge in [-0.1, -0.05) is 140 Å². The van der Waals surface area contributed by atoms with Crippen molar-refractivity contribution in [2.45, 2.75) is 12.8 Å². The third-order valence-corrected chi connectivity index (χ3v) is 7.43. The Morgan fingerprint density at radius 3 is 1.88 bits per heavy atom. The van der Waals surface area contributed by atoms with Crippen LogP contribution in [0.15, 0.2) is 144 Å². The van der Waals surface area contributed by atoms with E-state index in [1.165, 1.54) is 5.56 Å². The van der Waals surface area contributed by atoms with E-state index >= 15 is 0 Å². The van der Waals surface area contributed by atoms with E-state index in [1.807, 2.05) is 66.7 Å². The molecule has 1 N–H and O–H groups in total. The van der Waals surface area contributed by atoms with E-state index in [2.05, 4.69) is 72.8 Å². The number of aliphatic carboxylic acids is 1. The van der Waals surface area contributed by atoms with E-state index in [9.17, 15) is 9.90 Å². The van der Waals surface area contributed by atoms with Crippen LogP contribution < -0.4 is 0 Å². The Balaban J connectivity index is 1.22. The van der Waals surface area contributed by atoms with Crippen LogP contribution in [0.5, 0.6) is 0 Å². The van der Waals surface area contributed by atoms with Gasteiger partial charge in [0.05, 0.1) is 5.92 Å². The molecule has 0 bridgehead atoms. The van der Waals surface area contributed by atoms with Crippen LogP contribution >= 0.6 is 0 Å². The highest BCUT2D eigenvalue weighted by atomic mass is 16.4. The number of furan rings is 1. The highest BCUT2D eigenvalue weighted by Gasteiger charge is 2.17. The molecule has 0 amide bonds. The summed E-state index contributed by atoms with van der Waals surface area (Å²) in [5.41, 5.74) is 8.59. The highest BCUT2D eigenvalue weighted by Crippen LogP contribution is 2.37. The lowest BCUT2D eigenvalue weighted by Crippen LogP contribution is -2.13. The van der Waals surface area contributed by atoms with Crippen molar-refractivity contribution < 1.29 is 14.3 Å². The molecule has 0 saturated carbocycles. The maximum atomic E-state index is 11.8. The van der Waals surface area contributed by atoms with Crippen molar-refractivity contribution in [1.82, 2.24) is 0 Å². The molecule has 6 aromatic rings. The summed E-state index contributed by atoms with van der Waals surface area (Å²) in [6.45, 7) is 0. The molecule has 0 unspecified atom stereocenters. The fourth-order valence-corrected chi connectivity index (χ4v) is 5.27. The number of hydrogen-bond donors (Lipinski definition) is 1. The average Bonchev–Trinajstić information content (AvgIpc) is 3.38. The van der Waals surface area contributed by atoms with Gasteiger partial charge in [-0.2, -0.15) is 0 Å². The molecule has 0 aliphatic rings. The standard InChI is InChI=1S/C38H30O3/c39-38(40)33(25-28-9-3-1-4-10-28)20-17-27-15-18-30(19-16-27)31-21-23-32(24-22-31)37-34-13-7-8-14-35(34)41-36(37)26-29-11-5-2-6-12-29/h1-24,33H,25-26H2,(H,39,40)/b20-17+/t33-/m1/s1. The van der Waals surface area contributed by atoms with Crippen LogP contribution in [0.4, 0.5) is 0 Å². The molecule has 0 fully saturated rings. The minimum atomic E-state index is -0.820. The van der Waals surface area contributed by atoms with Gasteiger partial charge in [-0.25, -0.2) is 0 Å². The summed E-state index contributed by atoms with van der Waals surface area (Å²) in [7, 11) is 0. The smallest absolute Gasteiger partial charge is 0.310 e. The minimum Gasteiger partial charge on any atom is -0.481 e. The number of carbonyl (C=O) groups is 1. The molecule has 41 heavy (non-hydrogen) atoms. The van der Waals surface area contributed by atoms with E-state index in [0.717, 1.165) is 56.5 Å². The maximum Gasteiger partial charge on any atom is 0.310 e. The largest absolute Gasteiger partial charge is 0.481 e. The molecule has 1 atom stereocenters. The Morgan fingerprint density at radius 1 is 0.659 bits per heavy atom. The molecule has 3 nitrogen and oxygen atoms in total. The van der Waals surface area contributed by atoms with Crippen LogP contribution in [-0.2, 0) is 17.6 Å². The van der Waals surface area contributed by atoms with Gasteiger partial charge in [0.25, 0.3) is 0 Å². The topological polar surface area (TPSA) is 50.4 Å². The average molecular weight is 535 g/mol. The fraction of sp³-hybridized carbons (Fsp3) is 0.0789. The van der Waals surface area contributed by atoms with E-state index in [1.54, 1.807) is 6.08 Å². The zero-order chi connectivity index (χ0) is 28.0. The number of rotatable bonds is 9. The molecule has 0 spiro atoms. The molecule has 0 saturated heterocycles. The first-order valence-corrected chi connectivity index (χ1v) is 13.8. The lowest BCUT2D eigenvalue weighted by atomic mass is 9.96. The SMILES string of the molecule is O=C(O)[C@H](/C=C/c1ccc(-c2ccc(-c3c(Cc4ccccc4)oc4ccccc34)cc2)cc1)Cc1ccccc1. The Bertz CT molecular complexity index is 1780. The Kier molecular flexibility index (Phi) is 7.59. The second-order valence-corrected chi connectivity index (χ2v) is 10.3. The van der Waals surface area contributed by atoms with Crippen molar-refractivity contribution in [3.63, 3.8) is 0 Å². The number of fused-ring (bicyclic) bond motifs is 1. The fourth-order valence-electron chi connectivity index (χ4n) is 5.27. The lowest BCUT2D eigenvalue weighted by Gasteiger charge is -2.08. The molecule has 1 aromatic heterocycles. The quantitative estimate of drug-likeness (QED) is 0.201. The van der Waals surface area contributed by atoms with Crippen LogP contribution in [-0.4, -0.2) is 11.1 Å². The first kappa shape index (κ1) is 26.1. The van der Waals surface area contributed by atoms with Crippen LogP contribution in [0.25, 0.3) is 39.3 Å². The van der Waals surface area contributed by atoms with Crippen molar-refractivity contribution in [2.24, 2.45) is 5.92 Å². The van der Waals surface area contributed by atoms with Gasteiger partial charge < -0.3 is 9.52 Å². The van der Waals surface area contributed by atoms with Gasteiger partial charge in [0.2, 0.25) is 0 Å². The number of hydrogen-bond acceptors (Lipinski definition) is 2. The normalized spacial score (nSPS) is 12.1. The third kappa shape index (κ3) is 6.05. The van der Waals surface area contributed by atoms with Gasteiger partial charge >= 0.3 is 5.97 Å². The summed E-state index contributed by atoms with van der Waals surface area (Å²) in [5, 5.41) is 10.8. The van der Waals surface area contributed by atoms with E-state index < -0.39 is 11.9 Å². The van der Waals surface area contributed by atoms with Crippen LogP contribution in [0, 0.1) is 5.92 Å². The second kappa shape index (κ2) is 11.9. The summed E-state index contributed by atoms with van der Waals surface area (Å²) in [4.78, 5) is 11.8. The van der Waals surface area contributed by atoms with Gasteiger partial charge in [-0.15, -0.1) is 0 Å². The van der Waals surface area contributed by atoms with E-state index in [0.29, 0.717) is 6.42 Å². The van der Waals surface area contributed by atoms with Crippen LogP contribution in [0.2, 0.25) is 0 Å². The zero-order valence-corrected chi connectivity index (χ0v) is 22.6. The predicted molar refractivity (Wildman–Crippen MR) is 167 cm³/mol. The van der Waals surface area contributed by atoms with E-state index in [-0.39, 0.29) is 0 Å². The summed E-state index contributed by atoms with van der Waals surface area (Å²) >= 11 is 0. The molecule has 3 heteroatoms. The molecule has 200 valence electrons. The summed E-state index contributed by atoms with van der Waals surface area (Å²) < 4.78 is 6.33. The summed E-state index contributed by atoms with van der Waals surface area (Å²) in [6, 6.07) is 45.2. The summed E-state index contributed by atoms with van der Waals surface area (Å²) in [6.07, 6.45) is 4.88. The highest BCUT2D eigenvalue weighted by molar-refractivity contribution is 5.96. The molecule has 5 aromatic carbocycles. The number of para-hydroxylation sites is 1. The molecular formula is C38H30O3. The third-order valence-electron chi connectivity index (χ3n) is 7.43. The number of benzene rings is 5. The Hall–Kier alpha value is -5.15. The van der Waals surface area contributed by atoms with Crippen LogP contribution in [0.1, 0.15) is 22.5 Å². The first-order chi connectivity index (χ1) is 20.1. The van der Waals surface area contributed by atoms with Gasteiger partial charge in [-0.3, -0.25) is 4.79 Å². The van der Waals surface area contributed by atoms with Gasteiger partial charge in [0.1, 0.15) is 11.3 Å². The van der Waals surface area contributed by atoms with Crippen molar-refractivity contribution in [3.8, 4) is 22.3 Å². The minimum absolute atomic E-state index is 0.468. The van der Waals surface area contributed by atoms with Gasteiger partial charge in [0, 0.05) is 17.4 Å². The Morgan fingerprint density at radius 2 is 1.22 bits per heavy atom. The van der Waals surface area contributed by atoms with Crippen molar-refractivity contribution in [3.05, 3.63) is 162 Å². The van der Waals surface area contributed by atoms with Gasteiger partial charge in [-0.05, 0) is 45.9 Å². The maximum absolute atomic E-state index is 11.8. The molecule has 0 aliphatic heterocycles. The molecule has 1 heterocycles. The number of carboxylic acid groups (broad SMARTS) is 1. The molecule has 0 aliphatic carbocycles. The van der Waals surface area contributed by atoms with Crippen molar-refractivity contribution >= 4 is 23.0 Å². The predicted octanol–water partition coefficient (Wildman–Crippen LogP) is 9.31. The molecule has 0 radical (unpaired) electrons. The Labute approximate surface area is 240 Å². The number of carboxylic acids is 1. The van der Waals surface area contributed by atoms with Gasteiger partial charge in [0.15, 0.2) is 0 Å². The zero-order valence-electron chi connectivity index (χ0n) is 22.6. The monoisotopic (exact) mass is 534 g/mol. The second-order valence-electron chi connectivity index (χ2n) is 10.3. The molecule has 6 rings (SSSR count). The first-order valence-electron chi connectivity index (χ1n) is 13.8. The van der Waals surface area contributed by atoms with E-state index in [4.69, 9.17) is 4.42 Å². The lowest BCUT2D eigenvalue weighted by molar-refractivity contribution is -0.140. The van der Waals surface area contributed by atoms with Crippen molar-refractivity contribution in [2.75, 3.05) is 0 Å². The molecular weight excluding hydrogens is 504 g/mol. The van der Waals surface area contributed by atoms with Crippen LogP contribution in [0.3, 0.4) is 0 Å².